The van der Waals surface area contributed by atoms with Crippen LogP contribution in [0.2, 0.25) is 10.0 Å². The molecule has 0 radical (unpaired) electrons. The van der Waals surface area contributed by atoms with Crippen LogP contribution in [-0.4, -0.2) is 9.67 Å². The van der Waals surface area contributed by atoms with Crippen molar-refractivity contribution in [2.24, 2.45) is 0 Å². The molecule has 0 aliphatic rings. The Balaban J connectivity index is 2.22. The Morgan fingerprint density at radius 1 is 1.08 bits per heavy atom. The minimum absolute atomic E-state index is 0.0836. The number of aromatic hydroxyl groups is 1. The van der Waals surface area contributed by atoms with Gasteiger partial charge in [-0.1, -0.05) is 53.5 Å². The van der Waals surface area contributed by atoms with E-state index in [1.165, 1.54) is 11.3 Å². The van der Waals surface area contributed by atoms with Crippen molar-refractivity contribution in [3.05, 3.63) is 79.0 Å². The van der Waals surface area contributed by atoms with Crippen LogP contribution in [0.15, 0.2) is 54.6 Å². The lowest BCUT2D eigenvalue weighted by Gasteiger charge is -2.11. The van der Waals surface area contributed by atoms with Crippen LogP contribution < -0.4 is 0 Å². The van der Waals surface area contributed by atoms with Gasteiger partial charge in [-0.25, -0.2) is 0 Å². The molecule has 6 heteroatoms. The molecule has 0 aliphatic heterocycles. The Hall–Kier alpha value is -1.59. The number of para-hydroxylation sites is 1. The van der Waals surface area contributed by atoms with Crippen LogP contribution in [0.5, 0.6) is 5.88 Å². The van der Waals surface area contributed by atoms with E-state index in [1.807, 2.05) is 43.3 Å². The van der Waals surface area contributed by atoms with Crippen molar-refractivity contribution in [1.29, 1.82) is 0 Å². The molecule has 0 saturated heterocycles. The van der Waals surface area contributed by atoms with Crippen LogP contribution >= 0.6 is 46.8 Å². The summed E-state index contributed by atoms with van der Waals surface area (Å²) in [5.41, 5.74) is 2.26. The van der Waals surface area contributed by atoms with Crippen molar-refractivity contribution in [2.45, 2.75) is 6.92 Å². The summed E-state index contributed by atoms with van der Waals surface area (Å²) in [6.07, 6.45) is 1.88. The number of halogens is 2. The highest BCUT2D eigenvalue weighted by Crippen LogP contribution is 2.42. The lowest BCUT2D eigenvalue weighted by molar-refractivity contribution is 0.441. The molecule has 3 aromatic rings. The first kappa shape index (κ1) is 17.2. The van der Waals surface area contributed by atoms with Gasteiger partial charge >= 0.3 is 0 Å². The molecule has 24 heavy (non-hydrogen) atoms. The third-order valence-electron chi connectivity index (χ3n) is 3.57. The van der Waals surface area contributed by atoms with Crippen molar-refractivity contribution in [3.63, 3.8) is 0 Å². The first-order chi connectivity index (χ1) is 11.5. The topological polar surface area (TPSA) is 25.2 Å². The molecular formula is C18H13Cl2NOS2. The van der Waals surface area contributed by atoms with Crippen molar-refractivity contribution in [1.82, 2.24) is 4.57 Å². The smallest absolute Gasteiger partial charge is 0.215 e. The number of aromatic nitrogens is 1. The van der Waals surface area contributed by atoms with Gasteiger partial charge in [-0.3, -0.25) is 4.57 Å². The van der Waals surface area contributed by atoms with Gasteiger partial charge in [-0.2, -0.15) is 0 Å². The minimum atomic E-state index is 0.0836. The number of hydrogen-bond acceptors (Lipinski definition) is 3. The maximum absolute atomic E-state index is 10.8. The van der Waals surface area contributed by atoms with Gasteiger partial charge in [0.05, 0.1) is 10.6 Å². The molecule has 1 N–H and O–H groups in total. The van der Waals surface area contributed by atoms with Crippen molar-refractivity contribution >= 4 is 52.3 Å². The molecule has 0 fully saturated rings. The van der Waals surface area contributed by atoms with Crippen LogP contribution in [-0.2, 0) is 0 Å². The van der Waals surface area contributed by atoms with Gasteiger partial charge in [0.2, 0.25) is 5.88 Å². The average molecular weight is 394 g/mol. The van der Waals surface area contributed by atoms with E-state index in [9.17, 15) is 5.11 Å². The third kappa shape index (κ3) is 3.03. The second kappa shape index (κ2) is 7.11. The average Bonchev–Trinajstić information content (AvgIpc) is 2.86. The number of benzene rings is 2. The Kier molecular flexibility index (Phi) is 5.11. The Morgan fingerprint density at radius 2 is 1.71 bits per heavy atom. The third-order valence-corrected chi connectivity index (χ3v) is 5.59. The van der Waals surface area contributed by atoms with Gasteiger partial charge < -0.3 is 5.11 Å². The molecule has 1 heterocycles. The van der Waals surface area contributed by atoms with Crippen LogP contribution in [0, 0.1) is 3.95 Å². The van der Waals surface area contributed by atoms with Crippen LogP contribution in [0.4, 0.5) is 0 Å². The van der Waals surface area contributed by atoms with E-state index >= 15 is 0 Å². The predicted molar refractivity (Wildman–Crippen MR) is 105 cm³/mol. The Labute approximate surface area is 159 Å². The normalized spacial score (nSPS) is 11.7. The standard InChI is InChI=1S/C18H13Cl2NOS2/c1-2-12(15-13(19)9-6-10-14(15)20)16-17(22)21(18(23)24-16)11-7-4-3-5-8-11/h2-10,22H,1H3/b12-2-. The summed E-state index contributed by atoms with van der Waals surface area (Å²) in [5, 5.41) is 11.8. The monoisotopic (exact) mass is 393 g/mol. The summed E-state index contributed by atoms with van der Waals surface area (Å²) in [4.78, 5) is 0.640. The second-order valence-corrected chi connectivity index (χ2v) is 7.45. The van der Waals surface area contributed by atoms with E-state index in [4.69, 9.17) is 35.4 Å². The number of rotatable bonds is 3. The zero-order valence-corrected chi connectivity index (χ0v) is 15.8. The molecule has 122 valence electrons. The van der Waals surface area contributed by atoms with Crippen molar-refractivity contribution < 1.29 is 5.11 Å². The molecule has 0 amide bonds. The van der Waals surface area contributed by atoms with E-state index in [0.29, 0.717) is 24.4 Å². The molecule has 0 aliphatic carbocycles. The summed E-state index contributed by atoms with van der Waals surface area (Å²) in [7, 11) is 0. The maximum Gasteiger partial charge on any atom is 0.215 e. The zero-order valence-electron chi connectivity index (χ0n) is 12.7. The number of thiazole rings is 1. The van der Waals surface area contributed by atoms with E-state index in [-0.39, 0.29) is 5.88 Å². The second-order valence-electron chi connectivity index (χ2n) is 4.99. The van der Waals surface area contributed by atoms with Crippen LogP contribution in [0.1, 0.15) is 17.4 Å². The molecule has 0 saturated carbocycles. The van der Waals surface area contributed by atoms with Crippen molar-refractivity contribution in [3.8, 4) is 11.6 Å². The van der Waals surface area contributed by atoms with Gasteiger partial charge in [-0.15, -0.1) is 11.3 Å². The summed E-state index contributed by atoms with van der Waals surface area (Å²) in [6, 6.07) is 14.8. The Bertz CT molecular complexity index is 954. The van der Waals surface area contributed by atoms with Gasteiger partial charge in [0, 0.05) is 21.2 Å². The fourth-order valence-corrected chi connectivity index (χ4v) is 4.50. The SMILES string of the molecule is C/C=C(\c1sc(=S)n(-c2ccccc2)c1O)c1c(Cl)cccc1Cl. The maximum atomic E-state index is 10.8. The molecule has 0 atom stereocenters. The molecule has 0 unspecified atom stereocenters. The predicted octanol–water partition coefficient (Wildman–Crippen LogP) is 6.73. The fourth-order valence-electron chi connectivity index (χ4n) is 2.49. The zero-order chi connectivity index (χ0) is 17.3. The summed E-state index contributed by atoms with van der Waals surface area (Å²) < 4.78 is 2.19. The van der Waals surface area contributed by atoms with Crippen LogP contribution in [0.3, 0.4) is 0 Å². The minimum Gasteiger partial charge on any atom is -0.493 e. The first-order valence-corrected chi connectivity index (χ1v) is 9.14. The molecule has 1 aromatic heterocycles. The lowest BCUT2D eigenvalue weighted by Crippen LogP contribution is -1.94. The lowest BCUT2D eigenvalue weighted by atomic mass is 10.0. The molecule has 3 rings (SSSR count). The fraction of sp³-hybridized carbons (Fsp3) is 0.0556. The molecule has 2 nitrogen and oxygen atoms in total. The summed E-state index contributed by atoms with van der Waals surface area (Å²) in [6.45, 7) is 1.88. The molecule has 2 aromatic carbocycles. The molecule has 0 bridgehead atoms. The Morgan fingerprint density at radius 3 is 2.29 bits per heavy atom. The molecule has 0 spiro atoms. The quantitative estimate of drug-likeness (QED) is 0.498. The van der Waals surface area contributed by atoms with Crippen LogP contribution in [0.25, 0.3) is 11.3 Å². The van der Waals surface area contributed by atoms with Gasteiger partial charge in [-0.05, 0) is 43.4 Å². The van der Waals surface area contributed by atoms with Crippen molar-refractivity contribution in [2.75, 3.05) is 0 Å². The summed E-state index contributed by atoms with van der Waals surface area (Å²) in [5.74, 6) is 0.0836. The van der Waals surface area contributed by atoms with Gasteiger partial charge in [0.25, 0.3) is 0 Å². The highest BCUT2D eigenvalue weighted by Gasteiger charge is 2.21. The van der Waals surface area contributed by atoms with E-state index in [1.54, 1.807) is 22.8 Å². The highest BCUT2D eigenvalue weighted by atomic mass is 35.5. The van der Waals surface area contributed by atoms with E-state index < -0.39 is 0 Å². The van der Waals surface area contributed by atoms with Gasteiger partial charge in [0.1, 0.15) is 0 Å². The largest absolute Gasteiger partial charge is 0.493 e. The van der Waals surface area contributed by atoms with E-state index in [2.05, 4.69) is 0 Å². The highest BCUT2D eigenvalue weighted by molar-refractivity contribution is 7.73. The summed E-state index contributed by atoms with van der Waals surface area (Å²) >= 11 is 19.4. The number of nitrogens with zero attached hydrogens (tertiary/aromatic N) is 1. The first-order valence-electron chi connectivity index (χ1n) is 7.16. The molecular weight excluding hydrogens is 381 g/mol. The van der Waals surface area contributed by atoms with E-state index in [0.717, 1.165) is 11.3 Å². The number of allylic oxidation sites excluding steroid dienone is 1. The van der Waals surface area contributed by atoms with Gasteiger partial charge in [0.15, 0.2) is 3.95 Å². The number of hydrogen-bond donors (Lipinski definition) is 1.